The summed E-state index contributed by atoms with van der Waals surface area (Å²) in [5.74, 6) is 0. The van der Waals surface area contributed by atoms with Gasteiger partial charge in [-0.2, -0.15) is 36.4 Å². The summed E-state index contributed by atoms with van der Waals surface area (Å²) >= 11 is 0. The van der Waals surface area contributed by atoms with Crippen molar-refractivity contribution in [1.29, 1.82) is 0 Å². The predicted octanol–water partition coefficient (Wildman–Crippen LogP) is 2.66. The first-order valence-corrected chi connectivity index (χ1v) is 4.15. The minimum Gasteiger partial charge on any atom is -0.214 e. The molecule has 0 radical (unpaired) electrons. The topological polar surface area (TPSA) is 79.6 Å². The molecule has 0 unspecified atom stereocenters. The van der Waals surface area contributed by atoms with Crippen LogP contribution < -0.4 is 0 Å². The van der Waals surface area contributed by atoms with E-state index in [-0.39, 0.29) is 42.1 Å². The normalized spacial score (nSPS) is 4.40. The second-order valence-corrected chi connectivity index (χ2v) is 1.92. The van der Waals surface area contributed by atoms with Crippen LogP contribution in [0.25, 0.3) is 0 Å². The van der Waals surface area contributed by atoms with E-state index in [1.807, 2.05) is 60.7 Å². The molecule has 0 saturated carbocycles. The second-order valence-electron chi connectivity index (χ2n) is 1.92. The standard InChI is InChI=1S/2C5H5.4CO.2W/c2*1-2-4-5-3-1;4*1-2;;/h2*1-5H;;;;;;/q2*-1;;;;;;. The van der Waals surface area contributed by atoms with E-state index in [4.69, 9.17) is 18.6 Å². The molecule has 0 aliphatic heterocycles. The van der Waals surface area contributed by atoms with Crippen molar-refractivity contribution < 1.29 is 60.7 Å². The van der Waals surface area contributed by atoms with Gasteiger partial charge < -0.3 is 0 Å². The fraction of sp³-hybridized carbons (Fsp3) is 0. The van der Waals surface area contributed by atoms with E-state index < -0.39 is 0 Å². The molecule has 0 bridgehead atoms. The van der Waals surface area contributed by atoms with Gasteiger partial charge >= 0.3 is 45.2 Å². The first kappa shape index (κ1) is 36.4. The first-order chi connectivity index (χ1) is 9.00. The number of hydrogen-bond donors (Lipinski definition) is 0. The van der Waals surface area contributed by atoms with Crippen molar-refractivity contribution in [2.75, 3.05) is 0 Å². The summed E-state index contributed by atoms with van der Waals surface area (Å²) < 4.78 is 30.0. The van der Waals surface area contributed by atoms with Crippen molar-refractivity contribution in [1.82, 2.24) is 0 Å². The molecule has 0 aliphatic carbocycles. The van der Waals surface area contributed by atoms with E-state index in [2.05, 4.69) is 26.6 Å². The molecule has 0 aromatic heterocycles. The van der Waals surface area contributed by atoms with E-state index in [9.17, 15) is 0 Å². The molecule has 6 heteroatoms. The van der Waals surface area contributed by atoms with E-state index >= 15 is 0 Å². The zero-order valence-electron chi connectivity index (χ0n) is 10.2. The van der Waals surface area contributed by atoms with Gasteiger partial charge in [0.15, 0.2) is 0 Å². The Hall–Kier alpha value is -0.963. The van der Waals surface area contributed by atoms with Crippen LogP contribution in [0.5, 0.6) is 0 Å². The molecule has 20 heavy (non-hydrogen) atoms. The molecular weight excluding hydrogens is 600 g/mol. The van der Waals surface area contributed by atoms with Crippen LogP contribution in [0.1, 0.15) is 0 Å². The molecule has 0 saturated heterocycles. The Morgan fingerprint density at radius 2 is 0.600 bits per heavy atom. The Morgan fingerprint density at radius 3 is 0.650 bits per heavy atom. The van der Waals surface area contributed by atoms with Gasteiger partial charge in [-0.1, -0.05) is 0 Å². The third-order valence-corrected chi connectivity index (χ3v) is 1.11. The summed E-state index contributed by atoms with van der Waals surface area (Å²) in [6.45, 7) is 18.0. The van der Waals surface area contributed by atoms with E-state index in [0.29, 0.717) is 0 Å². The summed E-state index contributed by atoms with van der Waals surface area (Å²) in [6.07, 6.45) is 0. The summed E-state index contributed by atoms with van der Waals surface area (Å²) in [7, 11) is 0. The van der Waals surface area contributed by atoms with Crippen LogP contribution in [-0.2, 0) is 60.7 Å². The van der Waals surface area contributed by atoms with Crippen molar-refractivity contribution in [3.63, 3.8) is 0 Å². The number of hydrogen-bond acceptors (Lipinski definition) is 0. The SMILES string of the molecule is [C-]#[O+].[C-]#[O+].[C-]#[O+].[C-]#[O+].[W].[W].c1cc[cH-]c1.c1cc[cH-]c1. The molecule has 2 aromatic rings. The first-order valence-electron chi connectivity index (χ1n) is 4.15. The van der Waals surface area contributed by atoms with Gasteiger partial charge in [-0.3, -0.25) is 0 Å². The zero-order chi connectivity index (χ0) is 15.1. The third kappa shape index (κ3) is 53.7. The molecule has 4 nitrogen and oxygen atoms in total. The maximum atomic E-state index is 7.50. The quantitative estimate of drug-likeness (QED) is 0.325. The molecule has 104 valence electrons. The van der Waals surface area contributed by atoms with Gasteiger partial charge in [0, 0.05) is 42.1 Å². The van der Waals surface area contributed by atoms with Gasteiger partial charge in [0.05, 0.1) is 0 Å². The van der Waals surface area contributed by atoms with Gasteiger partial charge in [-0.25, -0.2) is 24.3 Å². The third-order valence-electron chi connectivity index (χ3n) is 1.11. The average Bonchev–Trinajstić information content (AvgIpc) is 3.25. The predicted molar refractivity (Wildman–Crippen MR) is 59.8 cm³/mol. The van der Waals surface area contributed by atoms with Crippen LogP contribution in [0, 0.1) is 26.6 Å². The monoisotopic (exact) mass is 610 g/mol. The Bertz CT molecular complexity index is 274. The van der Waals surface area contributed by atoms with E-state index in [1.54, 1.807) is 0 Å². The Morgan fingerprint density at radius 1 is 0.450 bits per heavy atom. The van der Waals surface area contributed by atoms with Crippen molar-refractivity contribution in [2.24, 2.45) is 0 Å². The molecule has 0 heterocycles. The Balaban J connectivity index is -0.0000000311. The van der Waals surface area contributed by atoms with Crippen LogP contribution in [0.2, 0.25) is 0 Å². The van der Waals surface area contributed by atoms with Gasteiger partial charge in [-0.05, 0) is 0 Å². The molecule has 0 N–H and O–H groups in total. The summed E-state index contributed by atoms with van der Waals surface area (Å²) in [5.41, 5.74) is 0. The summed E-state index contributed by atoms with van der Waals surface area (Å²) in [6, 6.07) is 20.0. The van der Waals surface area contributed by atoms with Gasteiger partial charge in [0.2, 0.25) is 0 Å². The average molecular weight is 610 g/mol. The molecule has 2 aromatic carbocycles. The molecule has 2 rings (SSSR count). The maximum Gasteiger partial charge on any atom is 0 e. The second kappa shape index (κ2) is 64.1. The summed E-state index contributed by atoms with van der Waals surface area (Å²) in [5, 5.41) is 0. The van der Waals surface area contributed by atoms with E-state index in [0.717, 1.165) is 0 Å². The molecule has 0 aliphatic rings. The van der Waals surface area contributed by atoms with Crippen LogP contribution in [0.15, 0.2) is 60.7 Å². The number of rotatable bonds is 0. The smallest absolute Gasteiger partial charge is 0 e. The molecule has 0 atom stereocenters. The minimum absolute atomic E-state index is 0. The largest absolute Gasteiger partial charge is 0.214 e. The fourth-order valence-electron chi connectivity index (χ4n) is 0.642. The fourth-order valence-corrected chi connectivity index (χ4v) is 0.642. The van der Waals surface area contributed by atoms with Crippen LogP contribution in [0.4, 0.5) is 0 Å². The van der Waals surface area contributed by atoms with Crippen molar-refractivity contribution in [3.05, 3.63) is 87.3 Å². The van der Waals surface area contributed by atoms with Gasteiger partial charge in [0.25, 0.3) is 0 Å². The summed E-state index contributed by atoms with van der Waals surface area (Å²) in [4.78, 5) is 0. The maximum absolute atomic E-state index is 7.50. The molecule has 0 amide bonds. The van der Waals surface area contributed by atoms with Crippen LogP contribution >= 0.6 is 0 Å². The Kier molecular flexibility index (Phi) is 117. The van der Waals surface area contributed by atoms with E-state index in [1.165, 1.54) is 0 Å². The minimum atomic E-state index is 0. The van der Waals surface area contributed by atoms with Crippen LogP contribution in [-0.4, -0.2) is 0 Å². The van der Waals surface area contributed by atoms with Gasteiger partial charge in [-0.15, -0.1) is 0 Å². The van der Waals surface area contributed by atoms with Gasteiger partial charge in [0.1, 0.15) is 0 Å². The van der Waals surface area contributed by atoms with Crippen LogP contribution in [0.3, 0.4) is 0 Å². The van der Waals surface area contributed by atoms with Crippen molar-refractivity contribution >= 4 is 0 Å². The Labute approximate surface area is 147 Å². The van der Waals surface area contributed by atoms with Crippen molar-refractivity contribution in [3.8, 4) is 0 Å². The molecule has 0 fully saturated rings. The molecular formula is C14H10O4W2-2. The zero-order valence-corrected chi connectivity index (χ0v) is 16.1. The van der Waals surface area contributed by atoms with Crippen molar-refractivity contribution in [2.45, 2.75) is 0 Å². The molecule has 0 spiro atoms.